The van der Waals surface area contributed by atoms with Gasteiger partial charge < -0.3 is 11.5 Å². The van der Waals surface area contributed by atoms with Crippen LogP contribution < -0.4 is 11.5 Å². The molecule has 2 rings (SSSR count). The van der Waals surface area contributed by atoms with Gasteiger partial charge in [-0.2, -0.15) is 4.98 Å². The Hall–Kier alpha value is -1.75. The fraction of sp³-hybridized carbons (Fsp3) is 0.0909. The number of benzene rings is 1. The molecule has 0 fully saturated rings. The first-order chi connectivity index (χ1) is 7.70. The number of rotatable bonds is 2. The molecule has 0 saturated heterocycles. The highest BCUT2D eigenvalue weighted by Gasteiger charge is 2.04. The van der Waals surface area contributed by atoms with Crippen molar-refractivity contribution in [3.63, 3.8) is 0 Å². The first kappa shape index (κ1) is 10.8. The SMILES string of the molecule is CSc1ccc(-c2cnc(N)nc2N)cc1. The Morgan fingerprint density at radius 2 is 1.81 bits per heavy atom. The van der Waals surface area contributed by atoms with Crippen LogP contribution in [0.3, 0.4) is 0 Å². The molecule has 2 aromatic rings. The predicted octanol–water partition coefficient (Wildman–Crippen LogP) is 2.03. The van der Waals surface area contributed by atoms with Crippen molar-refractivity contribution in [3.05, 3.63) is 30.5 Å². The predicted molar refractivity (Wildman–Crippen MR) is 68.1 cm³/mol. The van der Waals surface area contributed by atoms with Crippen LogP contribution in [0.4, 0.5) is 11.8 Å². The monoisotopic (exact) mass is 232 g/mol. The number of nitrogens with two attached hydrogens (primary N) is 2. The Balaban J connectivity index is 2.42. The summed E-state index contributed by atoms with van der Waals surface area (Å²) >= 11 is 1.70. The molecule has 4 N–H and O–H groups in total. The van der Waals surface area contributed by atoms with E-state index in [1.165, 1.54) is 4.90 Å². The van der Waals surface area contributed by atoms with Gasteiger partial charge in [0.15, 0.2) is 0 Å². The molecular formula is C11H12N4S. The third-order valence-electron chi connectivity index (χ3n) is 2.24. The standard InChI is InChI=1S/C11H12N4S/c1-16-8-4-2-7(3-5-8)9-6-14-11(13)15-10(9)12/h2-6H,1H3,(H4,12,13,14,15). The van der Waals surface area contributed by atoms with Gasteiger partial charge >= 0.3 is 0 Å². The largest absolute Gasteiger partial charge is 0.383 e. The van der Waals surface area contributed by atoms with Gasteiger partial charge in [-0.15, -0.1) is 11.8 Å². The molecule has 0 aliphatic rings. The molecular weight excluding hydrogens is 220 g/mol. The zero-order valence-corrected chi connectivity index (χ0v) is 9.66. The minimum Gasteiger partial charge on any atom is -0.383 e. The maximum absolute atomic E-state index is 5.79. The first-order valence-corrected chi connectivity index (χ1v) is 5.95. The summed E-state index contributed by atoms with van der Waals surface area (Å²) in [6.07, 6.45) is 3.68. The minimum absolute atomic E-state index is 0.196. The van der Waals surface area contributed by atoms with E-state index >= 15 is 0 Å². The average molecular weight is 232 g/mol. The van der Waals surface area contributed by atoms with Gasteiger partial charge in [0.25, 0.3) is 0 Å². The number of hydrogen-bond acceptors (Lipinski definition) is 5. The molecule has 0 spiro atoms. The molecule has 4 nitrogen and oxygen atoms in total. The van der Waals surface area contributed by atoms with Crippen LogP contribution >= 0.6 is 11.8 Å². The molecule has 0 bridgehead atoms. The van der Waals surface area contributed by atoms with Crippen LogP contribution in [-0.4, -0.2) is 16.2 Å². The summed E-state index contributed by atoms with van der Waals surface area (Å²) in [5, 5.41) is 0. The lowest BCUT2D eigenvalue weighted by Crippen LogP contribution is -2.00. The third-order valence-corrected chi connectivity index (χ3v) is 2.98. The van der Waals surface area contributed by atoms with E-state index in [1.54, 1.807) is 18.0 Å². The Kier molecular flexibility index (Phi) is 2.96. The van der Waals surface area contributed by atoms with Gasteiger partial charge in [-0.05, 0) is 24.0 Å². The van der Waals surface area contributed by atoms with Crippen molar-refractivity contribution in [2.75, 3.05) is 17.7 Å². The van der Waals surface area contributed by atoms with E-state index < -0.39 is 0 Å². The maximum atomic E-state index is 5.79. The summed E-state index contributed by atoms with van der Waals surface area (Å²) in [6, 6.07) is 8.07. The molecule has 1 aromatic heterocycles. The lowest BCUT2D eigenvalue weighted by Gasteiger charge is -2.05. The molecule has 0 atom stereocenters. The summed E-state index contributed by atoms with van der Waals surface area (Å²) in [5.74, 6) is 0.603. The van der Waals surface area contributed by atoms with Crippen molar-refractivity contribution in [2.24, 2.45) is 0 Å². The third kappa shape index (κ3) is 2.09. The fourth-order valence-corrected chi connectivity index (χ4v) is 1.81. The van der Waals surface area contributed by atoms with Crippen molar-refractivity contribution >= 4 is 23.5 Å². The summed E-state index contributed by atoms with van der Waals surface area (Å²) < 4.78 is 0. The molecule has 0 aliphatic carbocycles. The highest BCUT2D eigenvalue weighted by Crippen LogP contribution is 2.26. The van der Waals surface area contributed by atoms with Crippen molar-refractivity contribution in [1.82, 2.24) is 9.97 Å². The summed E-state index contributed by atoms with van der Waals surface area (Å²) in [5.41, 5.74) is 13.0. The lowest BCUT2D eigenvalue weighted by atomic mass is 10.1. The maximum Gasteiger partial charge on any atom is 0.221 e. The molecule has 1 heterocycles. The highest BCUT2D eigenvalue weighted by molar-refractivity contribution is 7.98. The van der Waals surface area contributed by atoms with E-state index in [0.29, 0.717) is 5.82 Å². The Morgan fingerprint density at radius 3 is 2.38 bits per heavy atom. The van der Waals surface area contributed by atoms with Gasteiger partial charge in [-0.3, -0.25) is 0 Å². The van der Waals surface area contributed by atoms with Crippen LogP contribution in [0.15, 0.2) is 35.4 Å². The molecule has 0 unspecified atom stereocenters. The van der Waals surface area contributed by atoms with Crippen LogP contribution in [-0.2, 0) is 0 Å². The number of thioether (sulfide) groups is 1. The Bertz CT molecular complexity index is 496. The van der Waals surface area contributed by atoms with E-state index in [2.05, 4.69) is 9.97 Å². The van der Waals surface area contributed by atoms with E-state index in [1.807, 2.05) is 30.5 Å². The fourth-order valence-electron chi connectivity index (χ4n) is 1.40. The quantitative estimate of drug-likeness (QED) is 0.775. The second kappa shape index (κ2) is 4.40. The van der Waals surface area contributed by atoms with Gasteiger partial charge in [0.1, 0.15) is 5.82 Å². The number of nitrogens with zero attached hydrogens (tertiary/aromatic N) is 2. The molecule has 16 heavy (non-hydrogen) atoms. The van der Waals surface area contributed by atoms with Crippen molar-refractivity contribution < 1.29 is 0 Å². The summed E-state index contributed by atoms with van der Waals surface area (Å²) in [6.45, 7) is 0. The zero-order chi connectivity index (χ0) is 11.5. The summed E-state index contributed by atoms with van der Waals surface area (Å²) in [7, 11) is 0. The van der Waals surface area contributed by atoms with Crippen LogP contribution in [0, 0.1) is 0 Å². The van der Waals surface area contributed by atoms with Gasteiger partial charge in [0.2, 0.25) is 5.95 Å². The van der Waals surface area contributed by atoms with Crippen molar-refractivity contribution in [3.8, 4) is 11.1 Å². The number of aromatic nitrogens is 2. The second-order valence-electron chi connectivity index (χ2n) is 3.26. The van der Waals surface area contributed by atoms with Gasteiger partial charge in [-0.25, -0.2) is 4.98 Å². The first-order valence-electron chi connectivity index (χ1n) is 4.73. The van der Waals surface area contributed by atoms with Crippen LogP contribution in [0.2, 0.25) is 0 Å². The molecule has 82 valence electrons. The van der Waals surface area contributed by atoms with Crippen LogP contribution in [0.1, 0.15) is 0 Å². The Labute approximate surface area is 98.1 Å². The van der Waals surface area contributed by atoms with Crippen LogP contribution in [0.5, 0.6) is 0 Å². The van der Waals surface area contributed by atoms with Gasteiger partial charge in [0, 0.05) is 16.7 Å². The smallest absolute Gasteiger partial charge is 0.221 e. The van der Waals surface area contributed by atoms with Gasteiger partial charge in [-0.1, -0.05) is 12.1 Å². The molecule has 1 aromatic carbocycles. The van der Waals surface area contributed by atoms with Crippen molar-refractivity contribution in [1.29, 1.82) is 0 Å². The molecule has 0 amide bonds. The number of hydrogen-bond donors (Lipinski definition) is 2. The average Bonchev–Trinajstić information content (AvgIpc) is 2.29. The van der Waals surface area contributed by atoms with E-state index in [-0.39, 0.29) is 5.95 Å². The lowest BCUT2D eigenvalue weighted by molar-refractivity contribution is 1.20. The van der Waals surface area contributed by atoms with E-state index in [9.17, 15) is 0 Å². The molecule has 0 radical (unpaired) electrons. The zero-order valence-electron chi connectivity index (χ0n) is 8.84. The van der Waals surface area contributed by atoms with Crippen molar-refractivity contribution in [2.45, 2.75) is 4.90 Å². The summed E-state index contributed by atoms with van der Waals surface area (Å²) in [4.78, 5) is 9.08. The normalized spacial score (nSPS) is 10.3. The Morgan fingerprint density at radius 1 is 1.12 bits per heavy atom. The highest BCUT2D eigenvalue weighted by atomic mass is 32.2. The number of nitrogen functional groups attached to an aromatic ring is 2. The van der Waals surface area contributed by atoms with E-state index in [4.69, 9.17) is 11.5 Å². The molecule has 0 aliphatic heterocycles. The second-order valence-corrected chi connectivity index (χ2v) is 4.14. The minimum atomic E-state index is 0.196. The topological polar surface area (TPSA) is 77.8 Å². The van der Waals surface area contributed by atoms with Crippen LogP contribution in [0.25, 0.3) is 11.1 Å². The number of anilines is 2. The van der Waals surface area contributed by atoms with Gasteiger partial charge in [0.05, 0.1) is 0 Å². The molecule has 0 saturated carbocycles. The van der Waals surface area contributed by atoms with E-state index in [0.717, 1.165) is 11.1 Å². The molecule has 5 heteroatoms.